The average molecular weight is 297 g/mol. The Kier molecular flexibility index (Phi) is 10.2. The van der Waals surface area contributed by atoms with E-state index in [1.807, 2.05) is 6.08 Å². The second kappa shape index (κ2) is 10.6. The summed E-state index contributed by atoms with van der Waals surface area (Å²) in [5.74, 6) is 0. The minimum Gasteiger partial charge on any atom is -0.103 e. The van der Waals surface area contributed by atoms with Gasteiger partial charge >= 0.3 is 0 Å². The minimum absolute atomic E-state index is 0.975. The van der Waals surface area contributed by atoms with E-state index in [0.717, 1.165) is 37.4 Å². The maximum Gasteiger partial charge on any atom is 0.0239 e. The molecule has 0 N–H and O–H groups in total. The van der Waals surface area contributed by atoms with Gasteiger partial charge in [-0.2, -0.15) is 0 Å². The summed E-state index contributed by atoms with van der Waals surface area (Å²) in [5, 5.41) is 0.975. The van der Waals surface area contributed by atoms with E-state index in [9.17, 15) is 0 Å². The van der Waals surface area contributed by atoms with E-state index < -0.39 is 0 Å². The fourth-order valence-corrected chi connectivity index (χ4v) is 1.78. The smallest absolute Gasteiger partial charge is 0.0239 e. The molecule has 0 aromatic rings. The lowest BCUT2D eigenvalue weighted by atomic mass is 10.0. The van der Waals surface area contributed by atoms with Crippen molar-refractivity contribution in [2.24, 2.45) is 0 Å². The fraction of sp³-hybridized carbons (Fsp3) is 0.500. The molecule has 0 nitrogen and oxygen atoms in total. The number of halogens is 1. The molecule has 0 saturated carbocycles. The molecular weight excluding hydrogens is 272 g/mol. The van der Waals surface area contributed by atoms with Crippen LogP contribution in [0.1, 0.15) is 46.0 Å². The summed E-state index contributed by atoms with van der Waals surface area (Å²) < 4.78 is 0. The van der Waals surface area contributed by atoms with Crippen LogP contribution >= 0.6 is 15.9 Å². The molecule has 0 amide bonds. The van der Waals surface area contributed by atoms with Crippen LogP contribution in [0.15, 0.2) is 48.1 Å². The Bertz CT molecular complexity index is 295. The van der Waals surface area contributed by atoms with E-state index >= 15 is 0 Å². The van der Waals surface area contributed by atoms with Crippen molar-refractivity contribution in [3.8, 4) is 0 Å². The number of rotatable bonds is 9. The maximum absolute atomic E-state index is 3.93. The molecule has 0 aliphatic rings. The predicted molar refractivity (Wildman–Crippen MR) is 83.7 cm³/mol. The van der Waals surface area contributed by atoms with Gasteiger partial charge in [-0.05, 0) is 46.0 Å². The van der Waals surface area contributed by atoms with E-state index in [1.54, 1.807) is 0 Å². The molecule has 0 aromatic heterocycles. The van der Waals surface area contributed by atoms with Gasteiger partial charge in [0.05, 0.1) is 0 Å². The molecule has 17 heavy (non-hydrogen) atoms. The van der Waals surface area contributed by atoms with Crippen molar-refractivity contribution >= 4 is 15.9 Å². The summed E-state index contributed by atoms with van der Waals surface area (Å²) in [7, 11) is 0. The highest BCUT2D eigenvalue weighted by Crippen LogP contribution is 2.15. The van der Waals surface area contributed by atoms with Gasteiger partial charge in [0.2, 0.25) is 0 Å². The summed E-state index contributed by atoms with van der Waals surface area (Å²) >= 11 is 3.46. The third-order valence-electron chi connectivity index (χ3n) is 2.58. The number of allylic oxidation sites excluding steroid dienone is 6. The second-order valence-corrected chi connectivity index (χ2v) is 5.13. The van der Waals surface area contributed by atoms with Crippen LogP contribution in [0.25, 0.3) is 0 Å². The van der Waals surface area contributed by atoms with E-state index in [1.165, 1.54) is 16.7 Å². The van der Waals surface area contributed by atoms with E-state index in [2.05, 4.69) is 55.1 Å². The van der Waals surface area contributed by atoms with Crippen LogP contribution in [0.5, 0.6) is 0 Å². The van der Waals surface area contributed by atoms with Crippen LogP contribution in [0.3, 0.4) is 0 Å². The van der Waals surface area contributed by atoms with Crippen LogP contribution in [-0.2, 0) is 0 Å². The van der Waals surface area contributed by atoms with Crippen molar-refractivity contribution < 1.29 is 0 Å². The first-order valence-corrected chi connectivity index (χ1v) is 7.37. The van der Waals surface area contributed by atoms with E-state index in [4.69, 9.17) is 0 Å². The number of hydrogen-bond donors (Lipinski definition) is 0. The zero-order valence-electron chi connectivity index (χ0n) is 11.3. The SMILES string of the molecule is C=CC/C(=C/CCC(=C)C)CC/C=C(\C)CBr. The lowest BCUT2D eigenvalue weighted by Crippen LogP contribution is -1.84. The molecule has 0 radical (unpaired) electrons. The normalized spacial score (nSPS) is 12.6. The first-order valence-electron chi connectivity index (χ1n) is 6.25. The molecule has 0 rings (SSSR count). The standard InChI is InChI=1S/C16H25Br/c1-5-8-16(11-6-9-14(2)3)12-7-10-15(4)13-17/h5,10-11H,1-2,6-9,12-13H2,3-4H3/b15-10+,16-11-. The van der Waals surface area contributed by atoms with Crippen molar-refractivity contribution in [1.29, 1.82) is 0 Å². The first kappa shape index (κ1) is 16.4. The Labute approximate surface area is 115 Å². The fourth-order valence-electron chi connectivity index (χ4n) is 1.55. The topological polar surface area (TPSA) is 0 Å². The van der Waals surface area contributed by atoms with Crippen molar-refractivity contribution in [2.75, 3.05) is 5.33 Å². The number of alkyl halides is 1. The molecular formula is C16H25Br. The van der Waals surface area contributed by atoms with Gasteiger partial charge in [-0.15, -0.1) is 13.2 Å². The summed E-state index contributed by atoms with van der Waals surface area (Å²) in [6.07, 6.45) is 12.1. The van der Waals surface area contributed by atoms with Gasteiger partial charge < -0.3 is 0 Å². The number of hydrogen-bond acceptors (Lipinski definition) is 0. The van der Waals surface area contributed by atoms with E-state index in [-0.39, 0.29) is 0 Å². The lowest BCUT2D eigenvalue weighted by molar-refractivity contribution is 0.896. The van der Waals surface area contributed by atoms with Gasteiger partial charge in [0.15, 0.2) is 0 Å². The van der Waals surface area contributed by atoms with Crippen molar-refractivity contribution in [1.82, 2.24) is 0 Å². The van der Waals surface area contributed by atoms with Crippen LogP contribution in [-0.4, -0.2) is 5.33 Å². The maximum atomic E-state index is 3.93. The van der Waals surface area contributed by atoms with Gasteiger partial charge in [-0.1, -0.05) is 50.9 Å². The predicted octanol–water partition coefficient (Wildman–Crippen LogP) is 5.97. The third kappa shape index (κ3) is 10.3. The monoisotopic (exact) mass is 296 g/mol. The van der Waals surface area contributed by atoms with Crippen molar-refractivity contribution in [2.45, 2.75) is 46.0 Å². The molecule has 0 heterocycles. The van der Waals surface area contributed by atoms with Crippen molar-refractivity contribution in [3.05, 3.63) is 48.1 Å². The molecule has 0 spiro atoms. The third-order valence-corrected chi connectivity index (χ3v) is 3.46. The van der Waals surface area contributed by atoms with Gasteiger partial charge in [0.1, 0.15) is 0 Å². The average Bonchev–Trinajstić information content (AvgIpc) is 2.28. The summed E-state index contributed by atoms with van der Waals surface area (Å²) in [4.78, 5) is 0. The zero-order chi connectivity index (χ0) is 13.1. The molecule has 0 bridgehead atoms. The Morgan fingerprint density at radius 3 is 2.29 bits per heavy atom. The molecule has 1 heteroatoms. The van der Waals surface area contributed by atoms with Crippen LogP contribution in [0.2, 0.25) is 0 Å². The van der Waals surface area contributed by atoms with Gasteiger partial charge in [-0.3, -0.25) is 0 Å². The van der Waals surface area contributed by atoms with Crippen LogP contribution in [0, 0.1) is 0 Å². The van der Waals surface area contributed by atoms with Gasteiger partial charge in [0.25, 0.3) is 0 Å². The zero-order valence-corrected chi connectivity index (χ0v) is 12.9. The largest absolute Gasteiger partial charge is 0.103 e. The van der Waals surface area contributed by atoms with Gasteiger partial charge in [0, 0.05) is 5.33 Å². The van der Waals surface area contributed by atoms with Crippen molar-refractivity contribution in [3.63, 3.8) is 0 Å². The molecule has 0 saturated heterocycles. The highest BCUT2D eigenvalue weighted by molar-refractivity contribution is 9.09. The highest BCUT2D eigenvalue weighted by Gasteiger charge is 1.95. The van der Waals surface area contributed by atoms with Crippen LogP contribution < -0.4 is 0 Å². The molecule has 0 aromatic carbocycles. The molecule has 96 valence electrons. The lowest BCUT2D eigenvalue weighted by Gasteiger charge is -2.04. The Hall–Kier alpha value is -0.560. The van der Waals surface area contributed by atoms with Gasteiger partial charge in [-0.25, -0.2) is 0 Å². The Morgan fingerprint density at radius 1 is 1.12 bits per heavy atom. The summed E-state index contributed by atoms with van der Waals surface area (Å²) in [6.45, 7) is 12.0. The summed E-state index contributed by atoms with van der Waals surface area (Å²) in [5.41, 5.74) is 4.17. The summed E-state index contributed by atoms with van der Waals surface area (Å²) in [6, 6.07) is 0. The molecule has 0 atom stereocenters. The molecule has 0 aliphatic carbocycles. The molecule has 0 fully saturated rings. The Morgan fingerprint density at radius 2 is 1.76 bits per heavy atom. The first-order chi connectivity index (χ1) is 8.10. The quantitative estimate of drug-likeness (QED) is 0.363. The highest BCUT2D eigenvalue weighted by atomic mass is 79.9. The minimum atomic E-state index is 0.975. The van der Waals surface area contributed by atoms with Crippen LogP contribution in [0.4, 0.5) is 0 Å². The second-order valence-electron chi connectivity index (χ2n) is 4.57. The molecule has 0 aliphatic heterocycles. The van der Waals surface area contributed by atoms with E-state index in [0.29, 0.717) is 0 Å². The molecule has 0 unspecified atom stereocenters. The Balaban J connectivity index is 4.13.